The quantitative estimate of drug-likeness (QED) is 0.768. The number of carbonyl (C=O) groups is 1. The van der Waals surface area contributed by atoms with Crippen LogP contribution in [-0.4, -0.2) is 23.9 Å². The second-order valence-corrected chi connectivity index (χ2v) is 4.90. The van der Waals surface area contributed by atoms with Crippen LogP contribution in [0.1, 0.15) is 32.3 Å². The normalized spacial score (nSPS) is 11.7. The number of nitriles is 1. The Labute approximate surface area is 120 Å². The average molecular weight is 276 g/mol. The number of benzene rings is 1. The van der Waals surface area contributed by atoms with Crippen LogP contribution in [0.5, 0.6) is 0 Å². The number of amides is 1. The Morgan fingerprint density at radius 2 is 2.25 bits per heavy atom. The maximum absolute atomic E-state index is 13.1. The zero-order valence-corrected chi connectivity index (χ0v) is 12.1. The van der Waals surface area contributed by atoms with Crippen molar-refractivity contribution in [1.82, 2.24) is 4.90 Å². The molecule has 0 saturated carbocycles. The molecule has 0 aliphatic carbocycles. The molecule has 0 aliphatic rings. The highest BCUT2D eigenvalue weighted by Crippen LogP contribution is 2.13. The fourth-order valence-corrected chi connectivity index (χ4v) is 2.12. The first kappa shape index (κ1) is 16.2. The largest absolute Gasteiger partial charge is 0.342 e. The van der Waals surface area contributed by atoms with Crippen LogP contribution < -0.4 is 0 Å². The van der Waals surface area contributed by atoms with E-state index in [1.807, 2.05) is 19.9 Å². The lowest BCUT2D eigenvalue weighted by Crippen LogP contribution is -2.35. The topological polar surface area (TPSA) is 44.1 Å². The predicted molar refractivity (Wildman–Crippen MR) is 76.4 cm³/mol. The Morgan fingerprint density at radius 3 is 2.85 bits per heavy atom. The molecular weight excluding hydrogens is 255 g/mol. The van der Waals surface area contributed by atoms with Crippen LogP contribution in [0, 0.1) is 23.1 Å². The summed E-state index contributed by atoms with van der Waals surface area (Å²) in [7, 11) is 0. The van der Waals surface area contributed by atoms with E-state index in [2.05, 4.69) is 6.07 Å². The predicted octanol–water partition coefficient (Wildman–Crippen LogP) is 3.16. The maximum Gasteiger partial charge on any atom is 0.225 e. The molecule has 1 aromatic rings. The highest BCUT2D eigenvalue weighted by molar-refractivity contribution is 5.78. The number of hydrogen-bond donors (Lipinski definition) is 0. The molecule has 108 valence electrons. The van der Waals surface area contributed by atoms with Crippen molar-refractivity contribution in [2.75, 3.05) is 13.1 Å². The SMILES string of the molecule is CCN(CCC#N)C(=O)[C@@H](C)CCc1cccc(F)c1. The lowest BCUT2D eigenvalue weighted by atomic mass is 9.99. The highest BCUT2D eigenvalue weighted by Gasteiger charge is 2.18. The van der Waals surface area contributed by atoms with Gasteiger partial charge in [-0.1, -0.05) is 19.1 Å². The first-order valence-corrected chi connectivity index (χ1v) is 6.98. The summed E-state index contributed by atoms with van der Waals surface area (Å²) in [5.74, 6) is -0.290. The average Bonchev–Trinajstić information content (AvgIpc) is 2.45. The molecule has 0 fully saturated rings. The van der Waals surface area contributed by atoms with Crippen molar-refractivity contribution >= 4 is 5.91 Å². The number of aryl methyl sites for hydroxylation is 1. The summed E-state index contributed by atoms with van der Waals surface area (Å²) in [6.45, 7) is 4.90. The number of carbonyl (C=O) groups excluding carboxylic acids is 1. The van der Waals surface area contributed by atoms with E-state index >= 15 is 0 Å². The Hall–Kier alpha value is -1.89. The van der Waals surface area contributed by atoms with Crippen molar-refractivity contribution in [3.05, 3.63) is 35.6 Å². The van der Waals surface area contributed by atoms with Gasteiger partial charge in [0.05, 0.1) is 12.5 Å². The van der Waals surface area contributed by atoms with Gasteiger partial charge in [-0.25, -0.2) is 4.39 Å². The standard InChI is InChI=1S/C16H21FN2O/c1-3-19(11-5-10-18)16(20)13(2)8-9-14-6-4-7-15(17)12-14/h4,6-7,12-13H,3,5,8-9,11H2,1-2H3/t13-/m0/s1. The molecule has 0 heterocycles. The molecule has 0 bridgehead atoms. The van der Waals surface area contributed by atoms with Gasteiger partial charge in [-0.2, -0.15) is 5.26 Å². The summed E-state index contributed by atoms with van der Waals surface area (Å²) >= 11 is 0. The summed E-state index contributed by atoms with van der Waals surface area (Å²) in [4.78, 5) is 13.9. The molecule has 1 rings (SSSR count). The van der Waals surface area contributed by atoms with E-state index in [1.165, 1.54) is 12.1 Å². The second-order valence-electron chi connectivity index (χ2n) is 4.90. The number of nitrogens with zero attached hydrogens (tertiary/aromatic N) is 2. The number of halogens is 1. The second kappa shape index (κ2) is 8.31. The van der Waals surface area contributed by atoms with E-state index in [-0.39, 0.29) is 17.6 Å². The first-order chi connectivity index (χ1) is 9.58. The molecule has 1 amide bonds. The van der Waals surface area contributed by atoms with Crippen LogP contribution in [0.3, 0.4) is 0 Å². The Kier molecular flexibility index (Phi) is 6.72. The smallest absolute Gasteiger partial charge is 0.225 e. The Morgan fingerprint density at radius 1 is 1.50 bits per heavy atom. The summed E-state index contributed by atoms with van der Waals surface area (Å²) < 4.78 is 13.1. The molecule has 0 spiro atoms. The monoisotopic (exact) mass is 276 g/mol. The fraction of sp³-hybridized carbons (Fsp3) is 0.500. The lowest BCUT2D eigenvalue weighted by Gasteiger charge is -2.23. The van der Waals surface area contributed by atoms with Crippen LogP contribution in [0.25, 0.3) is 0 Å². The molecule has 3 nitrogen and oxygen atoms in total. The third kappa shape index (κ3) is 5.00. The third-order valence-corrected chi connectivity index (χ3v) is 3.36. The molecular formula is C16H21FN2O. The van der Waals surface area contributed by atoms with E-state index in [4.69, 9.17) is 5.26 Å². The molecule has 0 aliphatic heterocycles. The van der Waals surface area contributed by atoms with Gasteiger partial charge in [0.1, 0.15) is 5.82 Å². The van der Waals surface area contributed by atoms with E-state index in [0.29, 0.717) is 32.4 Å². The van der Waals surface area contributed by atoms with Crippen molar-refractivity contribution in [2.24, 2.45) is 5.92 Å². The summed E-state index contributed by atoms with van der Waals surface area (Å²) in [5, 5.41) is 8.59. The van der Waals surface area contributed by atoms with Crippen LogP contribution in [0.4, 0.5) is 4.39 Å². The van der Waals surface area contributed by atoms with Gasteiger partial charge in [0, 0.05) is 19.0 Å². The minimum atomic E-state index is -0.245. The van der Waals surface area contributed by atoms with Crippen LogP contribution in [0.15, 0.2) is 24.3 Å². The maximum atomic E-state index is 13.1. The zero-order valence-electron chi connectivity index (χ0n) is 12.1. The van der Waals surface area contributed by atoms with Crippen molar-refractivity contribution in [3.8, 4) is 6.07 Å². The van der Waals surface area contributed by atoms with E-state index < -0.39 is 0 Å². The van der Waals surface area contributed by atoms with Gasteiger partial charge < -0.3 is 4.90 Å². The van der Waals surface area contributed by atoms with Crippen LogP contribution >= 0.6 is 0 Å². The van der Waals surface area contributed by atoms with Gasteiger partial charge in [0.25, 0.3) is 0 Å². The van der Waals surface area contributed by atoms with E-state index in [0.717, 1.165) is 5.56 Å². The molecule has 0 unspecified atom stereocenters. The fourth-order valence-electron chi connectivity index (χ4n) is 2.12. The summed E-state index contributed by atoms with van der Waals surface area (Å²) in [5.41, 5.74) is 0.907. The van der Waals surface area contributed by atoms with E-state index in [1.54, 1.807) is 11.0 Å². The Bertz CT molecular complexity index is 482. The van der Waals surface area contributed by atoms with Crippen molar-refractivity contribution in [3.63, 3.8) is 0 Å². The van der Waals surface area contributed by atoms with Crippen LogP contribution in [-0.2, 0) is 11.2 Å². The molecule has 1 aromatic carbocycles. The molecule has 1 atom stereocenters. The minimum absolute atomic E-state index is 0.0687. The van der Waals surface area contributed by atoms with Gasteiger partial charge in [-0.05, 0) is 37.5 Å². The van der Waals surface area contributed by atoms with Crippen LogP contribution in [0.2, 0.25) is 0 Å². The van der Waals surface area contributed by atoms with Gasteiger partial charge >= 0.3 is 0 Å². The molecule has 0 saturated heterocycles. The van der Waals surface area contributed by atoms with Crippen molar-refractivity contribution in [2.45, 2.75) is 33.1 Å². The molecule has 0 N–H and O–H groups in total. The number of hydrogen-bond acceptors (Lipinski definition) is 2. The summed E-state index contributed by atoms with van der Waals surface area (Å²) in [6, 6.07) is 8.53. The molecule has 20 heavy (non-hydrogen) atoms. The molecule has 0 aromatic heterocycles. The molecule has 0 radical (unpaired) electrons. The Balaban J connectivity index is 2.50. The summed E-state index contributed by atoms with van der Waals surface area (Å²) in [6.07, 6.45) is 1.72. The van der Waals surface area contributed by atoms with Crippen molar-refractivity contribution < 1.29 is 9.18 Å². The minimum Gasteiger partial charge on any atom is -0.342 e. The van der Waals surface area contributed by atoms with Gasteiger partial charge in [0.2, 0.25) is 5.91 Å². The highest BCUT2D eigenvalue weighted by atomic mass is 19.1. The molecule has 4 heteroatoms. The van der Waals surface area contributed by atoms with Crippen molar-refractivity contribution in [1.29, 1.82) is 5.26 Å². The number of rotatable bonds is 7. The van der Waals surface area contributed by atoms with Gasteiger partial charge in [0.15, 0.2) is 0 Å². The van der Waals surface area contributed by atoms with Gasteiger partial charge in [-0.15, -0.1) is 0 Å². The zero-order chi connectivity index (χ0) is 15.0. The first-order valence-electron chi connectivity index (χ1n) is 6.98. The van der Waals surface area contributed by atoms with Gasteiger partial charge in [-0.3, -0.25) is 4.79 Å². The lowest BCUT2D eigenvalue weighted by molar-refractivity contribution is -0.134. The third-order valence-electron chi connectivity index (χ3n) is 3.36. The van der Waals surface area contributed by atoms with E-state index in [9.17, 15) is 9.18 Å².